The molecule has 0 atom stereocenters. The summed E-state index contributed by atoms with van der Waals surface area (Å²) in [5, 5.41) is 7.47. The Morgan fingerprint density at radius 2 is 2.00 bits per heavy atom. The maximum absolute atomic E-state index is 7.47. The summed E-state index contributed by atoms with van der Waals surface area (Å²) in [5.74, 6) is 1.18. The van der Waals surface area contributed by atoms with E-state index in [1.807, 2.05) is 45.0 Å². The Morgan fingerprint density at radius 1 is 1.35 bits per heavy atom. The summed E-state index contributed by atoms with van der Waals surface area (Å²) in [7, 11) is 0. The van der Waals surface area contributed by atoms with E-state index >= 15 is 0 Å². The molecule has 0 amide bonds. The van der Waals surface area contributed by atoms with E-state index < -0.39 is 0 Å². The van der Waals surface area contributed by atoms with E-state index in [2.05, 4.69) is 0 Å². The Bertz CT molecular complexity index is 386. The van der Waals surface area contributed by atoms with Gasteiger partial charge in [0.05, 0.1) is 12.4 Å². The van der Waals surface area contributed by atoms with Gasteiger partial charge in [-0.2, -0.15) is 0 Å². The van der Waals surface area contributed by atoms with Gasteiger partial charge in [-0.15, -0.1) is 0 Å². The van der Waals surface area contributed by atoms with Gasteiger partial charge in [0, 0.05) is 5.41 Å². The maximum atomic E-state index is 7.47. The van der Waals surface area contributed by atoms with Crippen LogP contribution in [0.1, 0.15) is 32.3 Å². The van der Waals surface area contributed by atoms with Crippen LogP contribution in [-0.4, -0.2) is 12.4 Å². The Morgan fingerprint density at radius 3 is 2.59 bits per heavy atom. The van der Waals surface area contributed by atoms with Crippen LogP contribution < -0.4 is 10.5 Å². The van der Waals surface area contributed by atoms with Crippen molar-refractivity contribution in [2.75, 3.05) is 6.61 Å². The lowest BCUT2D eigenvalue weighted by molar-refractivity contribution is 0.285. The molecule has 0 aliphatic heterocycles. The van der Waals surface area contributed by atoms with Crippen molar-refractivity contribution >= 4 is 5.84 Å². The van der Waals surface area contributed by atoms with E-state index in [9.17, 15) is 0 Å². The van der Waals surface area contributed by atoms with Gasteiger partial charge in [0.1, 0.15) is 5.75 Å². The summed E-state index contributed by atoms with van der Waals surface area (Å²) in [6, 6.07) is 7.99. The lowest BCUT2D eigenvalue weighted by Crippen LogP contribution is -2.31. The topological polar surface area (TPSA) is 59.1 Å². The summed E-state index contributed by atoms with van der Waals surface area (Å²) in [4.78, 5) is 0. The second-order valence-corrected chi connectivity index (χ2v) is 5.02. The molecule has 0 bridgehead atoms. The Labute approximate surface area is 103 Å². The largest absolute Gasteiger partial charge is 0.493 e. The number of ether oxygens (including phenoxy) is 1. The molecule has 1 aromatic carbocycles. The third-order valence-corrected chi connectivity index (χ3v) is 3.03. The lowest BCUT2D eigenvalue weighted by atomic mass is 9.87. The summed E-state index contributed by atoms with van der Waals surface area (Å²) < 4.78 is 5.70. The predicted molar refractivity (Wildman–Crippen MR) is 71.6 cm³/mol. The molecule has 0 saturated heterocycles. The van der Waals surface area contributed by atoms with E-state index in [-0.39, 0.29) is 11.3 Å². The third kappa shape index (κ3) is 4.10. The Kier molecular flexibility index (Phi) is 4.55. The van der Waals surface area contributed by atoms with Crippen molar-refractivity contribution in [1.82, 2.24) is 0 Å². The van der Waals surface area contributed by atoms with Gasteiger partial charge >= 0.3 is 0 Å². The summed E-state index contributed by atoms with van der Waals surface area (Å²) >= 11 is 0. The predicted octanol–water partition coefficient (Wildman–Crippen LogP) is 3.12. The number of benzene rings is 1. The first kappa shape index (κ1) is 13.6. The molecular weight excluding hydrogens is 212 g/mol. The minimum atomic E-state index is -0.227. The molecule has 1 aromatic rings. The molecule has 1 rings (SSSR count). The smallest absolute Gasteiger partial charge is 0.122 e. The second-order valence-electron chi connectivity index (χ2n) is 5.02. The van der Waals surface area contributed by atoms with Crippen LogP contribution in [0.2, 0.25) is 0 Å². The molecule has 0 aliphatic carbocycles. The van der Waals surface area contributed by atoms with Crippen LogP contribution in [0, 0.1) is 17.7 Å². The van der Waals surface area contributed by atoms with E-state index in [0.717, 1.165) is 24.2 Å². The fourth-order valence-corrected chi connectivity index (χ4v) is 1.55. The highest BCUT2D eigenvalue weighted by Gasteiger charge is 2.20. The Hall–Kier alpha value is -1.51. The number of nitrogens with two attached hydrogens (primary N) is 1. The van der Waals surface area contributed by atoms with Gasteiger partial charge in [-0.3, -0.25) is 5.41 Å². The number of nitrogens with one attached hydrogen (secondary N) is 1. The average Bonchev–Trinajstić information content (AvgIpc) is 2.26. The summed E-state index contributed by atoms with van der Waals surface area (Å²) in [6.07, 6.45) is 1.77. The average molecular weight is 234 g/mol. The van der Waals surface area contributed by atoms with Crippen molar-refractivity contribution in [3.8, 4) is 5.75 Å². The molecule has 0 radical (unpaired) electrons. The highest BCUT2D eigenvalue weighted by Crippen LogP contribution is 2.22. The number of rotatable bonds is 6. The van der Waals surface area contributed by atoms with Gasteiger partial charge in [0.15, 0.2) is 0 Å². The zero-order chi connectivity index (χ0) is 12.9. The van der Waals surface area contributed by atoms with Gasteiger partial charge in [-0.25, -0.2) is 0 Å². The number of hydrogen-bond acceptors (Lipinski definition) is 2. The van der Waals surface area contributed by atoms with Gasteiger partial charge in [0.25, 0.3) is 0 Å². The molecule has 0 spiro atoms. The van der Waals surface area contributed by atoms with Gasteiger partial charge in [-0.05, 0) is 31.4 Å². The minimum Gasteiger partial charge on any atom is -0.493 e. The van der Waals surface area contributed by atoms with Crippen LogP contribution in [0.5, 0.6) is 5.75 Å². The minimum absolute atomic E-state index is 0.227. The van der Waals surface area contributed by atoms with Crippen LogP contribution in [-0.2, 0) is 0 Å². The number of hydrogen-bond donors (Lipinski definition) is 2. The molecule has 0 unspecified atom stereocenters. The van der Waals surface area contributed by atoms with Gasteiger partial charge in [-0.1, -0.05) is 32.0 Å². The van der Waals surface area contributed by atoms with Crippen LogP contribution in [0.4, 0.5) is 0 Å². The lowest BCUT2D eigenvalue weighted by Gasteiger charge is -2.22. The molecule has 0 aromatic heterocycles. The van der Waals surface area contributed by atoms with E-state index in [1.54, 1.807) is 0 Å². The van der Waals surface area contributed by atoms with Crippen molar-refractivity contribution in [1.29, 1.82) is 5.41 Å². The number of aryl methyl sites for hydroxylation is 1. The first-order valence-electron chi connectivity index (χ1n) is 5.96. The molecule has 3 nitrogen and oxygen atoms in total. The molecule has 17 heavy (non-hydrogen) atoms. The van der Waals surface area contributed by atoms with Crippen LogP contribution in [0.25, 0.3) is 0 Å². The second kappa shape index (κ2) is 5.71. The quantitative estimate of drug-likeness (QED) is 0.451. The third-order valence-electron chi connectivity index (χ3n) is 3.03. The zero-order valence-corrected chi connectivity index (χ0v) is 10.9. The first-order valence-corrected chi connectivity index (χ1v) is 5.96. The van der Waals surface area contributed by atoms with Crippen LogP contribution in [0.15, 0.2) is 24.3 Å². The molecule has 0 aliphatic rings. The van der Waals surface area contributed by atoms with E-state index in [1.165, 1.54) is 0 Å². The van der Waals surface area contributed by atoms with Crippen LogP contribution >= 0.6 is 0 Å². The van der Waals surface area contributed by atoms with E-state index in [0.29, 0.717) is 6.61 Å². The molecule has 0 fully saturated rings. The van der Waals surface area contributed by atoms with Gasteiger partial charge in [0.2, 0.25) is 0 Å². The van der Waals surface area contributed by atoms with Crippen molar-refractivity contribution in [2.45, 2.75) is 33.6 Å². The highest BCUT2D eigenvalue weighted by atomic mass is 16.5. The molecule has 94 valence electrons. The SMILES string of the molecule is Cc1ccccc1OCCCC(C)(C)C(=N)N. The number of para-hydroxylation sites is 1. The molecule has 3 heteroatoms. The van der Waals surface area contributed by atoms with Crippen LogP contribution in [0.3, 0.4) is 0 Å². The van der Waals surface area contributed by atoms with Crippen molar-refractivity contribution in [3.63, 3.8) is 0 Å². The van der Waals surface area contributed by atoms with Crippen molar-refractivity contribution in [3.05, 3.63) is 29.8 Å². The van der Waals surface area contributed by atoms with Gasteiger partial charge < -0.3 is 10.5 Å². The van der Waals surface area contributed by atoms with Crippen molar-refractivity contribution < 1.29 is 4.74 Å². The van der Waals surface area contributed by atoms with E-state index in [4.69, 9.17) is 15.9 Å². The normalized spacial score (nSPS) is 11.2. The molecule has 0 saturated carbocycles. The molecule has 0 heterocycles. The molecule has 3 N–H and O–H groups in total. The fraction of sp³-hybridized carbons (Fsp3) is 0.500. The zero-order valence-electron chi connectivity index (χ0n) is 10.9. The highest BCUT2D eigenvalue weighted by molar-refractivity contribution is 5.82. The number of amidine groups is 1. The Balaban J connectivity index is 2.35. The van der Waals surface area contributed by atoms with Crippen molar-refractivity contribution in [2.24, 2.45) is 11.1 Å². The summed E-state index contributed by atoms with van der Waals surface area (Å²) in [5.41, 5.74) is 6.45. The first-order chi connectivity index (χ1) is 7.93. The standard InChI is InChI=1S/C14H22N2O/c1-11-7-4-5-8-12(11)17-10-6-9-14(2,3)13(15)16/h4-5,7-8H,6,9-10H2,1-3H3,(H3,15,16). The monoisotopic (exact) mass is 234 g/mol. The maximum Gasteiger partial charge on any atom is 0.122 e. The summed E-state index contributed by atoms with van der Waals surface area (Å²) in [6.45, 7) is 6.68. The fourth-order valence-electron chi connectivity index (χ4n) is 1.55. The molecular formula is C14H22N2O.